The first kappa shape index (κ1) is 19.8. The molecule has 1 aliphatic rings. The van der Waals surface area contributed by atoms with Crippen LogP contribution in [0.15, 0.2) is 47.8 Å². The first-order chi connectivity index (χ1) is 13.8. The van der Waals surface area contributed by atoms with Gasteiger partial charge in [0.2, 0.25) is 0 Å². The Morgan fingerprint density at radius 3 is 2.72 bits per heavy atom. The van der Waals surface area contributed by atoms with E-state index in [1.165, 1.54) is 17.4 Å². The second-order valence-electron chi connectivity index (χ2n) is 6.66. The van der Waals surface area contributed by atoms with Gasteiger partial charge in [0.25, 0.3) is 5.91 Å². The van der Waals surface area contributed by atoms with Crippen molar-refractivity contribution in [2.75, 3.05) is 5.32 Å². The van der Waals surface area contributed by atoms with Gasteiger partial charge in [-0.1, -0.05) is 29.8 Å². The molecule has 2 aromatic heterocycles. The molecule has 1 amide bonds. The number of halogens is 4. The first-order valence-corrected chi connectivity index (χ1v) is 10.1. The SMILES string of the molecule is O=C(NCc1cccs1)c1cc2n(n1)[C@@H](C(F)(F)F)C[C@H](c1ccc(Cl)cc1)N2. The summed E-state index contributed by atoms with van der Waals surface area (Å²) in [5.74, 6) is -0.370. The highest BCUT2D eigenvalue weighted by Gasteiger charge is 2.46. The number of fused-ring (bicyclic) bond motifs is 1. The largest absolute Gasteiger partial charge is 0.410 e. The van der Waals surface area contributed by atoms with Crippen LogP contribution in [0.2, 0.25) is 5.02 Å². The van der Waals surface area contributed by atoms with Gasteiger partial charge in [0.15, 0.2) is 11.7 Å². The topological polar surface area (TPSA) is 59.0 Å². The molecule has 4 rings (SSSR count). The van der Waals surface area contributed by atoms with Gasteiger partial charge in [-0.25, -0.2) is 4.68 Å². The number of carbonyl (C=O) groups excluding carboxylic acids is 1. The van der Waals surface area contributed by atoms with E-state index in [0.29, 0.717) is 17.1 Å². The van der Waals surface area contributed by atoms with Crippen molar-refractivity contribution in [3.8, 4) is 0 Å². The van der Waals surface area contributed by atoms with Gasteiger partial charge in [-0.05, 0) is 29.1 Å². The highest BCUT2D eigenvalue weighted by atomic mass is 35.5. The Kier molecular flexibility index (Phi) is 5.26. The number of nitrogens with zero attached hydrogens (tertiary/aromatic N) is 2. The lowest BCUT2D eigenvalue weighted by Gasteiger charge is -2.33. The monoisotopic (exact) mass is 440 g/mol. The first-order valence-electron chi connectivity index (χ1n) is 8.80. The molecule has 2 atom stereocenters. The third-order valence-electron chi connectivity index (χ3n) is 4.70. The molecule has 3 aromatic rings. The molecule has 0 fully saturated rings. The molecule has 1 aliphatic heterocycles. The second kappa shape index (κ2) is 7.72. The third-order valence-corrected chi connectivity index (χ3v) is 5.83. The van der Waals surface area contributed by atoms with Gasteiger partial charge >= 0.3 is 6.18 Å². The molecule has 0 aliphatic carbocycles. The highest BCUT2D eigenvalue weighted by Crippen LogP contribution is 2.43. The van der Waals surface area contributed by atoms with E-state index in [1.807, 2.05) is 17.5 Å². The summed E-state index contributed by atoms with van der Waals surface area (Å²) >= 11 is 7.36. The van der Waals surface area contributed by atoms with Crippen molar-refractivity contribution in [1.82, 2.24) is 15.1 Å². The number of nitrogens with one attached hydrogen (secondary N) is 2. The lowest BCUT2D eigenvalue weighted by Crippen LogP contribution is -2.35. The fourth-order valence-electron chi connectivity index (χ4n) is 3.27. The molecular formula is C19H16ClF3N4OS. The predicted octanol–water partition coefficient (Wildman–Crippen LogP) is 5.19. The summed E-state index contributed by atoms with van der Waals surface area (Å²) in [4.78, 5) is 13.3. The van der Waals surface area contributed by atoms with E-state index in [-0.39, 0.29) is 17.9 Å². The fourth-order valence-corrected chi connectivity index (χ4v) is 4.04. The van der Waals surface area contributed by atoms with Crippen LogP contribution >= 0.6 is 22.9 Å². The molecule has 2 N–H and O–H groups in total. The number of amides is 1. The number of carbonyl (C=O) groups is 1. The van der Waals surface area contributed by atoms with E-state index in [4.69, 9.17) is 11.6 Å². The predicted molar refractivity (Wildman–Crippen MR) is 105 cm³/mol. The van der Waals surface area contributed by atoms with Gasteiger partial charge in [-0.3, -0.25) is 4.79 Å². The number of rotatable bonds is 4. The van der Waals surface area contributed by atoms with Crippen LogP contribution in [0.5, 0.6) is 0 Å². The summed E-state index contributed by atoms with van der Waals surface area (Å²) in [6, 6.07) is 9.31. The molecule has 5 nitrogen and oxygen atoms in total. The van der Waals surface area contributed by atoms with Gasteiger partial charge in [-0.15, -0.1) is 11.3 Å². The molecule has 3 heterocycles. The van der Waals surface area contributed by atoms with Crippen molar-refractivity contribution in [3.05, 3.63) is 69.0 Å². The van der Waals surface area contributed by atoms with Gasteiger partial charge in [0.1, 0.15) is 5.82 Å². The van der Waals surface area contributed by atoms with Crippen molar-refractivity contribution >= 4 is 34.7 Å². The van der Waals surface area contributed by atoms with E-state index in [9.17, 15) is 18.0 Å². The molecule has 29 heavy (non-hydrogen) atoms. The van der Waals surface area contributed by atoms with Crippen LogP contribution in [-0.4, -0.2) is 21.9 Å². The normalized spacial score (nSPS) is 18.8. The molecule has 0 spiro atoms. The van der Waals surface area contributed by atoms with Crippen LogP contribution in [0.25, 0.3) is 0 Å². The number of hydrogen-bond acceptors (Lipinski definition) is 4. The van der Waals surface area contributed by atoms with Crippen LogP contribution < -0.4 is 10.6 Å². The molecule has 0 radical (unpaired) electrons. The van der Waals surface area contributed by atoms with E-state index < -0.39 is 24.2 Å². The Morgan fingerprint density at radius 1 is 1.31 bits per heavy atom. The maximum Gasteiger partial charge on any atom is 0.410 e. The molecule has 0 bridgehead atoms. The molecule has 1 aromatic carbocycles. The Hall–Kier alpha value is -2.52. The quantitative estimate of drug-likeness (QED) is 0.587. The summed E-state index contributed by atoms with van der Waals surface area (Å²) in [6.45, 7) is 0.294. The number of alkyl halides is 3. The molecule has 0 unspecified atom stereocenters. The minimum Gasteiger partial charge on any atom is -0.363 e. The van der Waals surface area contributed by atoms with Gasteiger partial charge < -0.3 is 10.6 Å². The number of anilines is 1. The van der Waals surface area contributed by atoms with Crippen molar-refractivity contribution < 1.29 is 18.0 Å². The Labute approximate surface area is 173 Å². The smallest absolute Gasteiger partial charge is 0.363 e. The molecular weight excluding hydrogens is 425 g/mol. The summed E-state index contributed by atoms with van der Waals surface area (Å²) in [5, 5.41) is 12.1. The fraction of sp³-hybridized carbons (Fsp3) is 0.263. The van der Waals surface area contributed by atoms with Gasteiger partial charge in [-0.2, -0.15) is 18.3 Å². The number of aromatic nitrogens is 2. The summed E-state index contributed by atoms with van der Waals surface area (Å²) in [6.07, 6.45) is -4.74. The van der Waals surface area contributed by atoms with Crippen LogP contribution in [-0.2, 0) is 6.54 Å². The minimum absolute atomic E-state index is 0.0601. The van der Waals surface area contributed by atoms with Crippen molar-refractivity contribution in [1.29, 1.82) is 0 Å². The molecule has 10 heteroatoms. The maximum absolute atomic E-state index is 13.7. The standard InChI is InChI=1S/C19H16ClF3N4OS/c20-12-5-3-11(4-6-12)14-8-16(19(21,22)23)27-17(25-14)9-15(26-27)18(28)24-10-13-2-1-7-29-13/h1-7,9,14,16,25H,8,10H2,(H,24,28)/t14-,16-/m1/s1. The van der Waals surface area contributed by atoms with Crippen LogP contribution in [0.4, 0.5) is 19.0 Å². The van der Waals surface area contributed by atoms with E-state index in [2.05, 4.69) is 15.7 Å². The Balaban J connectivity index is 1.59. The zero-order valence-electron chi connectivity index (χ0n) is 14.9. The number of thiophene rings is 1. The van der Waals surface area contributed by atoms with Crippen LogP contribution in [0, 0.1) is 0 Å². The van der Waals surface area contributed by atoms with E-state index in [1.54, 1.807) is 24.3 Å². The minimum atomic E-state index is -4.50. The van der Waals surface area contributed by atoms with Crippen LogP contribution in [0.1, 0.15) is 39.4 Å². The summed E-state index contributed by atoms with van der Waals surface area (Å²) in [5.41, 5.74) is 0.620. The second-order valence-corrected chi connectivity index (χ2v) is 8.13. The zero-order valence-corrected chi connectivity index (χ0v) is 16.5. The molecule has 0 saturated heterocycles. The van der Waals surface area contributed by atoms with Crippen molar-refractivity contribution in [3.63, 3.8) is 0 Å². The van der Waals surface area contributed by atoms with Gasteiger partial charge in [0, 0.05) is 22.4 Å². The number of hydrogen-bond donors (Lipinski definition) is 2. The maximum atomic E-state index is 13.7. The molecule has 0 saturated carbocycles. The average Bonchev–Trinajstić information content (AvgIpc) is 3.34. The Bertz CT molecular complexity index is 1000. The molecule has 152 valence electrons. The summed E-state index contributed by atoms with van der Waals surface area (Å²) in [7, 11) is 0. The lowest BCUT2D eigenvalue weighted by molar-refractivity contribution is -0.173. The highest BCUT2D eigenvalue weighted by molar-refractivity contribution is 7.09. The lowest BCUT2D eigenvalue weighted by atomic mass is 9.97. The van der Waals surface area contributed by atoms with Gasteiger partial charge in [0.05, 0.1) is 12.6 Å². The van der Waals surface area contributed by atoms with Crippen molar-refractivity contribution in [2.24, 2.45) is 0 Å². The summed E-state index contributed by atoms with van der Waals surface area (Å²) < 4.78 is 42.0. The van der Waals surface area contributed by atoms with E-state index >= 15 is 0 Å². The van der Waals surface area contributed by atoms with Crippen LogP contribution in [0.3, 0.4) is 0 Å². The average molecular weight is 441 g/mol. The van der Waals surface area contributed by atoms with E-state index in [0.717, 1.165) is 9.56 Å². The Morgan fingerprint density at radius 2 is 2.07 bits per heavy atom. The van der Waals surface area contributed by atoms with Crippen molar-refractivity contribution in [2.45, 2.75) is 31.2 Å². The zero-order chi connectivity index (χ0) is 20.6. The third kappa shape index (κ3) is 4.25. The number of benzene rings is 1.